The molecule has 1 aliphatic heterocycles. The summed E-state index contributed by atoms with van der Waals surface area (Å²) in [5.41, 5.74) is 0. The van der Waals surface area contributed by atoms with Gasteiger partial charge in [0, 0.05) is 25.6 Å². The molecule has 130 valence electrons. The van der Waals surface area contributed by atoms with Gasteiger partial charge in [-0.3, -0.25) is 4.79 Å². The molecule has 0 spiro atoms. The van der Waals surface area contributed by atoms with Gasteiger partial charge in [-0.25, -0.2) is 12.8 Å². The number of halogens is 2. The quantitative estimate of drug-likeness (QED) is 0.804. The molecule has 1 aromatic rings. The molecular weight excluding hydrogens is 343 g/mol. The number of nitrogens with zero attached hydrogens (tertiary/aromatic N) is 1. The number of sulfone groups is 1. The standard InChI is InChI=1S/C15H21FN2O3S.ClH/c1-11(15(19)18(2)13-7-8-17-9-13)10-22(20,21)14-5-3-12(16)4-6-14;/h3-6,11,13,17H,7-10H2,1-2H3;1H. The number of rotatable bonds is 5. The first kappa shape index (κ1) is 19.9. The van der Waals surface area contributed by atoms with Crippen LogP contribution in [0.1, 0.15) is 13.3 Å². The van der Waals surface area contributed by atoms with Gasteiger partial charge in [0.1, 0.15) is 5.82 Å². The Hall–Kier alpha value is -1.18. The van der Waals surface area contributed by atoms with Crippen LogP contribution in [0, 0.1) is 11.7 Å². The molecule has 1 heterocycles. The fraction of sp³-hybridized carbons (Fsp3) is 0.533. The van der Waals surface area contributed by atoms with E-state index in [2.05, 4.69) is 5.32 Å². The van der Waals surface area contributed by atoms with Crippen molar-refractivity contribution in [2.75, 3.05) is 25.9 Å². The zero-order valence-electron chi connectivity index (χ0n) is 13.2. The summed E-state index contributed by atoms with van der Waals surface area (Å²) in [5.74, 6) is -1.58. The first-order valence-corrected chi connectivity index (χ1v) is 8.92. The third-order valence-electron chi connectivity index (χ3n) is 3.99. The van der Waals surface area contributed by atoms with Crippen LogP contribution in [0.15, 0.2) is 29.2 Å². The van der Waals surface area contributed by atoms with Crippen LogP contribution in [0.3, 0.4) is 0 Å². The summed E-state index contributed by atoms with van der Waals surface area (Å²) >= 11 is 0. The highest BCUT2D eigenvalue weighted by molar-refractivity contribution is 7.91. The summed E-state index contributed by atoms with van der Waals surface area (Å²) in [7, 11) is -1.90. The molecule has 0 aromatic heterocycles. The molecule has 2 unspecified atom stereocenters. The molecule has 1 aliphatic rings. The lowest BCUT2D eigenvalue weighted by Crippen LogP contribution is -2.42. The predicted octanol–water partition coefficient (Wildman–Crippen LogP) is 1.48. The van der Waals surface area contributed by atoms with Crippen LogP contribution in [-0.2, 0) is 14.6 Å². The van der Waals surface area contributed by atoms with Crippen LogP contribution < -0.4 is 5.32 Å². The lowest BCUT2D eigenvalue weighted by atomic mass is 10.1. The maximum absolute atomic E-state index is 12.9. The summed E-state index contributed by atoms with van der Waals surface area (Å²) in [4.78, 5) is 14.0. The third-order valence-corrected chi connectivity index (χ3v) is 5.92. The van der Waals surface area contributed by atoms with E-state index >= 15 is 0 Å². The molecule has 2 atom stereocenters. The molecular formula is C15H22ClFN2O3S. The van der Waals surface area contributed by atoms with E-state index in [0.717, 1.165) is 31.6 Å². The molecule has 23 heavy (non-hydrogen) atoms. The molecule has 1 amide bonds. The Labute approximate surface area is 142 Å². The maximum atomic E-state index is 12.9. The van der Waals surface area contributed by atoms with Gasteiger partial charge in [0.05, 0.1) is 10.6 Å². The maximum Gasteiger partial charge on any atom is 0.226 e. The summed E-state index contributed by atoms with van der Waals surface area (Å²) in [6.45, 7) is 3.21. The highest BCUT2D eigenvalue weighted by Crippen LogP contribution is 2.17. The van der Waals surface area contributed by atoms with Gasteiger partial charge in [0.25, 0.3) is 0 Å². The van der Waals surface area contributed by atoms with Gasteiger partial charge in [-0.05, 0) is 37.2 Å². The van der Waals surface area contributed by atoms with Crippen molar-refractivity contribution in [1.29, 1.82) is 0 Å². The molecule has 0 aliphatic carbocycles. The molecule has 1 aromatic carbocycles. The minimum absolute atomic E-state index is 0. The van der Waals surface area contributed by atoms with Gasteiger partial charge >= 0.3 is 0 Å². The summed E-state index contributed by atoms with van der Waals surface area (Å²) in [6, 6.07) is 4.79. The Morgan fingerprint density at radius 3 is 2.52 bits per heavy atom. The van der Waals surface area contributed by atoms with E-state index in [9.17, 15) is 17.6 Å². The Morgan fingerprint density at radius 1 is 1.39 bits per heavy atom. The number of hydrogen-bond donors (Lipinski definition) is 1. The molecule has 1 fully saturated rings. The average Bonchev–Trinajstić information content (AvgIpc) is 2.99. The van der Waals surface area contributed by atoms with Crippen LogP contribution in [0.5, 0.6) is 0 Å². The van der Waals surface area contributed by atoms with Crippen molar-refractivity contribution in [3.63, 3.8) is 0 Å². The second kappa shape index (κ2) is 8.08. The van der Waals surface area contributed by atoms with E-state index < -0.39 is 21.6 Å². The Kier molecular flexibility index (Phi) is 6.98. The third kappa shape index (κ3) is 4.89. The number of benzene rings is 1. The van der Waals surface area contributed by atoms with Gasteiger partial charge in [-0.2, -0.15) is 0 Å². The van der Waals surface area contributed by atoms with E-state index in [4.69, 9.17) is 0 Å². The van der Waals surface area contributed by atoms with Crippen molar-refractivity contribution in [3.05, 3.63) is 30.1 Å². The van der Waals surface area contributed by atoms with Gasteiger partial charge in [-0.15, -0.1) is 12.4 Å². The molecule has 8 heteroatoms. The molecule has 1 saturated heterocycles. The molecule has 2 rings (SSSR count). The SMILES string of the molecule is CC(CS(=O)(=O)c1ccc(F)cc1)C(=O)N(C)C1CCNC1.Cl. The van der Waals surface area contributed by atoms with E-state index in [1.54, 1.807) is 18.9 Å². The Morgan fingerprint density at radius 2 is 2.00 bits per heavy atom. The minimum Gasteiger partial charge on any atom is -0.341 e. The fourth-order valence-electron chi connectivity index (χ4n) is 2.64. The van der Waals surface area contributed by atoms with Crippen LogP contribution >= 0.6 is 12.4 Å². The number of carbonyl (C=O) groups excluding carboxylic acids is 1. The predicted molar refractivity (Wildman–Crippen MR) is 88.9 cm³/mol. The second-order valence-electron chi connectivity index (χ2n) is 5.73. The first-order chi connectivity index (χ1) is 10.3. The summed E-state index contributed by atoms with van der Waals surface area (Å²) < 4.78 is 37.5. The molecule has 1 N–H and O–H groups in total. The van der Waals surface area contributed by atoms with E-state index in [1.165, 1.54) is 12.1 Å². The van der Waals surface area contributed by atoms with Crippen LogP contribution in [0.2, 0.25) is 0 Å². The van der Waals surface area contributed by atoms with Gasteiger partial charge in [-0.1, -0.05) is 6.92 Å². The van der Waals surface area contributed by atoms with Crippen molar-refractivity contribution in [3.8, 4) is 0 Å². The zero-order valence-corrected chi connectivity index (χ0v) is 14.8. The highest BCUT2D eigenvalue weighted by atomic mass is 35.5. The van der Waals surface area contributed by atoms with Crippen molar-refractivity contribution >= 4 is 28.2 Å². The van der Waals surface area contributed by atoms with Crippen LogP contribution in [0.25, 0.3) is 0 Å². The largest absolute Gasteiger partial charge is 0.341 e. The lowest BCUT2D eigenvalue weighted by molar-refractivity contribution is -0.134. The topological polar surface area (TPSA) is 66.5 Å². The van der Waals surface area contributed by atoms with Gasteiger partial charge in [0.2, 0.25) is 5.91 Å². The number of hydrogen-bond acceptors (Lipinski definition) is 4. The van der Waals surface area contributed by atoms with Crippen LogP contribution in [-0.4, -0.2) is 51.2 Å². The molecule has 0 saturated carbocycles. The summed E-state index contributed by atoms with van der Waals surface area (Å²) in [6.07, 6.45) is 0.875. The van der Waals surface area contributed by atoms with Crippen molar-refractivity contribution in [2.45, 2.75) is 24.3 Å². The monoisotopic (exact) mass is 364 g/mol. The normalized spacial score (nSPS) is 19.0. The number of nitrogens with one attached hydrogen (secondary N) is 1. The molecule has 0 radical (unpaired) electrons. The van der Waals surface area contributed by atoms with Crippen LogP contribution in [0.4, 0.5) is 4.39 Å². The van der Waals surface area contributed by atoms with Crippen molar-refractivity contribution in [1.82, 2.24) is 10.2 Å². The second-order valence-corrected chi connectivity index (χ2v) is 7.77. The average molecular weight is 365 g/mol. The van der Waals surface area contributed by atoms with Crippen molar-refractivity contribution < 1.29 is 17.6 Å². The van der Waals surface area contributed by atoms with E-state index in [-0.39, 0.29) is 35.0 Å². The number of carbonyl (C=O) groups is 1. The molecule has 5 nitrogen and oxygen atoms in total. The fourth-order valence-corrected chi connectivity index (χ4v) is 4.18. The highest BCUT2D eigenvalue weighted by Gasteiger charge is 2.29. The lowest BCUT2D eigenvalue weighted by Gasteiger charge is -2.26. The smallest absolute Gasteiger partial charge is 0.226 e. The number of amides is 1. The van der Waals surface area contributed by atoms with Crippen molar-refractivity contribution in [2.24, 2.45) is 5.92 Å². The Bertz CT molecular complexity index is 631. The van der Waals surface area contributed by atoms with E-state index in [1.807, 2.05) is 0 Å². The van der Waals surface area contributed by atoms with Gasteiger partial charge in [0.15, 0.2) is 9.84 Å². The van der Waals surface area contributed by atoms with Gasteiger partial charge < -0.3 is 10.2 Å². The summed E-state index contributed by atoms with van der Waals surface area (Å²) in [5, 5.41) is 3.18. The first-order valence-electron chi connectivity index (χ1n) is 7.27. The minimum atomic E-state index is -3.61. The van der Waals surface area contributed by atoms with E-state index in [0.29, 0.717) is 0 Å². The molecule has 0 bridgehead atoms. The number of likely N-dealkylation sites (N-methyl/N-ethyl adjacent to an activating group) is 1. The Balaban J connectivity index is 0.00000264. The zero-order chi connectivity index (χ0) is 16.3.